The number of ether oxygens (including phenoxy) is 1. The van der Waals surface area contributed by atoms with Gasteiger partial charge in [0.15, 0.2) is 6.23 Å². The lowest BCUT2D eigenvalue weighted by Gasteiger charge is -2.43. The van der Waals surface area contributed by atoms with Gasteiger partial charge in [-0.15, -0.1) is 0 Å². The van der Waals surface area contributed by atoms with Crippen LogP contribution in [-0.2, 0) is 16.0 Å². The molecule has 2 aromatic rings. The van der Waals surface area contributed by atoms with E-state index < -0.39 is 6.23 Å². The van der Waals surface area contributed by atoms with E-state index in [4.69, 9.17) is 4.74 Å². The van der Waals surface area contributed by atoms with Crippen LogP contribution in [0.1, 0.15) is 57.4 Å². The van der Waals surface area contributed by atoms with Crippen LogP contribution in [0.15, 0.2) is 42.5 Å². The first-order chi connectivity index (χ1) is 18.0. The number of aliphatic hydroxyl groups excluding tert-OH is 1. The van der Waals surface area contributed by atoms with E-state index in [1.54, 1.807) is 0 Å². The van der Waals surface area contributed by atoms with Gasteiger partial charge in [0.25, 0.3) is 0 Å². The number of aliphatic hydroxyl groups is 1. The average molecular weight is 507 g/mol. The number of nitrogens with one attached hydrogen (secondary N) is 2. The molecular weight excluding hydrogens is 468 g/mol. The first-order valence-electron chi connectivity index (χ1n) is 13.7. The molecule has 0 aromatic heterocycles. The molecule has 0 spiro atoms. The van der Waals surface area contributed by atoms with Gasteiger partial charge >= 0.3 is 0 Å². The number of anilines is 3. The fourth-order valence-electron chi connectivity index (χ4n) is 5.79. The molecule has 2 aromatic carbocycles. The molecular formula is C29H38N4O4. The van der Waals surface area contributed by atoms with Gasteiger partial charge in [-0.3, -0.25) is 9.59 Å². The molecule has 37 heavy (non-hydrogen) atoms. The Morgan fingerprint density at radius 3 is 2.62 bits per heavy atom. The Morgan fingerprint density at radius 1 is 1.11 bits per heavy atom. The first-order valence-corrected chi connectivity index (χ1v) is 13.7. The summed E-state index contributed by atoms with van der Waals surface area (Å²) in [6, 6.07) is 13.9. The number of hydrogen-bond acceptors (Lipinski definition) is 6. The summed E-state index contributed by atoms with van der Waals surface area (Å²) in [7, 11) is 0. The number of piperazine rings is 1. The number of carbonyl (C=O) groups is 2. The predicted molar refractivity (Wildman–Crippen MR) is 145 cm³/mol. The summed E-state index contributed by atoms with van der Waals surface area (Å²) < 4.78 is 6.51. The Bertz CT molecular complexity index is 1100. The normalized spacial score (nSPS) is 21.6. The third-order valence-electron chi connectivity index (χ3n) is 7.87. The number of para-hydroxylation sites is 1. The molecule has 0 radical (unpaired) electrons. The number of nitrogens with zero attached hydrogens (tertiary/aromatic N) is 2. The van der Waals surface area contributed by atoms with Crippen molar-refractivity contribution in [2.75, 3.05) is 35.2 Å². The highest BCUT2D eigenvalue weighted by Gasteiger charge is 2.33. The van der Waals surface area contributed by atoms with Crippen LogP contribution in [0.25, 0.3) is 0 Å². The Labute approximate surface area is 219 Å². The van der Waals surface area contributed by atoms with Crippen molar-refractivity contribution in [1.29, 1.82) is 0 Å². The molecule has 3 aliphatic rings. The van der Waals surface area contributed by atoms with Crippen LogP contribution in [-0.4, -0.2) is 53.9 Å². The second-order valence-corrected chi connectivity index (χ2v) is 10.3. The van der Waals surface area contributed by atoms with Gasteiger partial charge in [0, 0.05) is 36.7 Å². The second kappa shape index (κ2) is 11.5. The molecule has 198 valence electrons. The predicted octanol–water partition coefficient (Wildman–Crippen LogP) is 4.35. The highest BCUT2D eigenvalue weighted by atomic mass is 16.5. The van der Waals surface area contributed by atoms with Crippen LogP contribution in [0.5, 0.6) is 5.75 Å². The van der Waals surface area contributed by atoms with E-state index in [-0.39, 0.29) is 24.0 Å². The summed E-state index contributed by atoms with van der Waals surface area (Å²) >= 11 is 0. The zero-order chi connectivity index (χ0) is 25.8. The van der Waals surface area contributed by atoms with Gasteiger partial charge in [-0.1, -0.05) is 44.4 Å². The fourth-order valence-corrected chi connectivity index (χ4v) is 5.79. The standard InChI is InChI=1S/C29H38N4O4/c1-2-27(33-18-17-32(19-26(33)35)21-11-7-4-8-12-21)37-24-15-14-23(28-22(24)13-16-25(34)31-28)30-29(36)20-9-5-3-6-10-20/h4,7-8,11-12,14-15,20,26-27,35H,2-3,5-6,9-10,13,16-19H2,1H3,(H,30,36)(H,31,34). The minimum Gasteiger partial charge on any atom is -0.475 e. The minimum absolute atomic E-state index is 0.0279. The quantitative estimate of drug-likeness (QED) is 0.517. The third-order valence-corrected chi connectivity index (χ3v) is 7.87. The third kappa shape index (κ3) is 5.75. The number of hydrogen-bond donors (Lipinski definition) is 3. The first kappa shape index (κ1) is 25.5. The van der Waals surface area contributed by atoms with Crippen molar-refractivity contribution in [3.63, 3.8) is 0 Å². The number of rotatable bonds is 7. The molecule has 2 heterocycles. The van der Waals surface area contributed by atoms with E-state index in [0.717, 1.165) is 43.5 Å². The topological polar surface area (TPSA) is 94.1 Å². The average Bonchev–Trinajstić information content (AvgIpc) is 2.93. The van der Waals surface area contributed by atoms with Crippen LogP contribution in [0, 0.1) is 5.92 Å². The van der Waals surface area contributed by atoms with E-state index in [1.807, 2.05) is 42.2 Å². The molecule has 2 atom stereocenters. The summed E-state index contributed by atoms with van der Waals surface area (Å²) in [6.07, 6.45) is 5.84. The Kier molecular flexibility index (Phi) is 7.96. The van der Waals surface area contributed by atoms with E-state index in [2.05, 4.69) is 27.7 Å². The maximum absolute atomic E-state index is 12.9. The van der Waals surface area contributed by atoms with Gasteiger partial charge in [-0.25, -0.2) is 4.90 Å². The monoisotopic (exact) mass is 506 g/mol. The second-order valence-electron chi connectivity index (χ2n) is 10.3. The zero-order valence-corrected chi connectivity index (χ0v) is 21.6. The molecule has 5 rings (SSSR count). The highest BCUT2D eigenvalue weighted by molar-refractivity contribution is 6.03. The minimum atomic E-state index is -0.663. The molecule has 1 aliphatic carbocycles. The van der Waals surface area contributed by atoms with Crippen molar-refractivity contribution in [3.8, 4) is 5.75 Å². The summed E-state index contributed by atoms with van der Waals surface area (Å²) in [4.78, 5) is 29.4. The molecule has 2 fully saturated rings. The van der Waals surface area contributed by atoms with Crippen LogP contribution in [0.3, 0.4) is 0 Å². The van der Waals surface area contributed by atoms with Crippen molar-refractivity contribution < 1.29 is 19.4 Å². The van der Waals surface area contributed by atoms with Gasteiger partial charge in [0.05, 0.1) is 17.9 Å². The van der Waals surface area contributed by atoms with Crippen molar-refractivity contribution in [2.24, 2.45) is 5.92 Å². The van der Waals surface area contributed by atoms with E-state index in [9.17, 15) is 14.7 Å². The molecule has 3 N–H and O–H groups in total. The van der Waals surface area contributed by atoms with E-state index >= 15 is 0 Å². The maximum atomic E-state index is 12.9. The number of fused-ring (bicyclic) bond motifs is 1. The largest absolute Gasteiger partial charge is 0.475 e. The SMILES string of the molecule is CCC(Oc1ccc(NC(=O)C2CCCCC2)c2c1CCC(=O)N2)N1CCN(c2ccccc2)CC1O. The van der Waals surface area contributed by atoms with Gasteiger partial charge in [-0.05, 0) is 49.9 Å². The number of carbonyl (C=O) groups excluding carboxylic acids is 2. The summed E-state index contributed by atoms with van der Waals surface area (Å²) in [5.74, 6) is 0.689. The Morgan fingerprint density at radius 2 is 1.89 bits per heavy atom. The molecule has 0 bridgehead atoms. The van der Waals surface area contributed by atoms with Crippen molar-refractivity contribution in [3.05, 3.63) is 48.0 Å². The molecule has 1 saturated heterocycles. The molecule has 8 heteroatoms. The molecule has 8 nitrogen and oxygen atoms in total. The fraction of sp³-hybridized carbons (Fsp3) is 0.517. The van der Waals surface area contributed by atoms with Gasteiger partial charge in [-0.2, -0.15) is 0 Å². The van der Waals surface area contributed by atoms with Crippen molar-refractivity contribution >= 4 is 28.9 Å². The van der Waals surface area contributed by atoms with E-state index in [0.29, 0.717) is 49.5 Å². The van der Waals surface area contributed by atoms with Crippen LogP contribution in [0.2, 0.25) is 0 Å². The zero-order valence-electron chi connectivity index (χ0n) is 21.6. The lowest BCUT2D eigenvalue weighted by molar-refractivity contribution is -0.121. The molecule has 1 saturated carbocycles. The lowest BCUT2D eigenvalue weighted by atomic mass is 9.88. The maximum Gasteiger partial charge on any atom is 0.227 e. The molecule has 2 aliphatic heterocycles. The number of β-amino-alcohol motifs (C(OH)–C–C–N with tert-alkyl or cyclic N) is 1. The van der Waals surface area contributed by atoms with Crippen LogP contribution in [0.4, 0.5) is 17.1 Å². The Balaban J connectivity index is 1.31. The summed E-state index contributed by atoms with van der Waals surface area (Å²) in [5, 5.41) is 17.1. The van der Waals surface area contributed by atoms with Crippen LogP contribution >= 0.6 is 0 Å². The summed E-state index contributed by atoms with van der Waals surface area (Å²) in [5.41, 5.74) is 3.28. The number of benzene rings is 2. The summed E-state index contributed by atoms with van der Waals surface area (Å²) in [6.45, 7) is 4.02. The van der Waals surface area contributed by atoms with Crippen molar-refractivity contribution in [2.45, 2.75) is 70.7 Å². The van der Waals surface area contributed by atoms with Gasteiger partial charge < -0.3 is 25.4 Å². The van der Waals surface area contributed by atoms with Gasteiger partial charge in [0.2, 0.25) is 11.8 Å². The van der Waals surface area contributed by atoms with Crippen molar-refractivity contribution in [1.82, 2.24) is 4.90 Å². The molecule has 2 unspecified atom stereocenters. The van der Waals surface area contributed by atoms with Gasteiger partial charge in [0.1, 0.15) is 12.0 Å². The molecule has 2 amide bonds. The lowest BCUT2D eigenvalue weighted by Crippen LogP contribution is -2.58. The Hall–Kier alpha value is -3.10. The van der Waals surface area contributed by atoms with E-state index in [1.165, 1.54) is 6.42 Å². The van der Waals surface area contributed by atoms with Crippen LogP contribution < -0.4 is 20.3 Å². The number of amides is 2. The smallest absolute Gasteiger partial charge is 0.227 e. The highest BCUT2D eigenvalue weighted by Crippen LogP contribution is 2.39.